The second-order valence-corrected chi connectivity index (χ2v) is 11.2. The summed E-state index contributed by atoms with van der Waals surface area (Å²) in [4.78, 5) is 22.9. The van der Waals surface area contributed by atoms with Crippen molar-refractivity contribution in [2.24, 2.45) is 0 Å². The van der Waals surface area contributed by atoms with Gasteiger partial charge in [0, 0.05) is 22.7 Å². The highest BCUT2D eigenvalue weighted by Crippen LogP contribution is 2.34. The molecule has 0 aliphatic carbocycles. The van der Waals surface area contributed by atoms with Crippen molar-refractivity contribution in [1.29, 1.82) is 0 Å². The number of aromatic nitrogens is 3. The van der Waals surface area contributed by atoms with Gasteiger partial charge in [-0.15, -0.1) is 11.3 Å². The van der Waals surface area contributed by atoms with Crippen LogP contribution in [0.2, 0.25) is 0 Å². The van der Waals surface area contributed by atoms with Gasteiger partial charge >= 0.3 is 0 Å². The van der Waals surface area contributed by atoms with Gasteiger partial charge in [0.2, 0.25) is 0 Å². The Hall–Kier alpha value is -3.77. The zero-order valence-electron chi connectivity index (χ0n) is 25.1. The molecule has 0 fully saturated rings. The third-order valence-corrected chi connectivity index (χ3v) is 8.10. The van der Waals surface area contributed by atoms with Crippen LogP contribution in [-0.2, 0) is 6.61 Å². The van der Waals surface area contributed by atoms with Gasteiger partial charge in [0.25, 0.3) is 0 Å². The zero-order chi connectivity index (χ0) is 29.4. The molecule has 0 bridgehead atoms. The molecule has 0 spiro atoms. The molecule has 1 unspecified atom stereocenters. The van der Waals surface area contributed by atoms with Crippen LogP contribution in [0.25, 0.3) is 33.7 Å². The monoisotopic (exact) mass is 567 g/mol. The van der Waals surface area contributed by atoms with Crippen LogP contribution in [0.5, 0.6) is 5.75 Å². The number of fused-ring (bicyclic) bond motifs is 1. The summed E-state index contributed by atoms with van der Waals surface area (Å²) in [6.45, 7) is 12.6. The highest BCUT2D eigenvalue weighted by Gasteiger charge is 2.20. The lowest BCUT2D eigenvalue weighted by atomic mass is 10.1. The molecule has 0 saturated carbocycles. The molecular formula is C35H41N3O2S. The number of ether oxygens (including phenoxy) is 1. The first kappa shape index (κ1) is 30.2. The molecule has 2 aromatic heterocycles. The lowest BCUT2D eigenvalue weighted by molar-refractivity contribution is 0.101. The predicted molar refractivity (Wildman–Crippen MR) is 172 cm³/mol. The van der Waals surface area contributed by atoms with E-state index in [1.165, 1.54) is 0 Å². The van der Waals surface area contributed by atoms with Crippen molar-refractivity contribution in [3.8, 4) is 28.4 Å². The van der Waals surface area contributed by atoms with E-state index in [0.717, 1.165) is 75.0 Å². The highest BCUT2D eigenvalue weighted by atomic mass is 32.1. The maximum absolute atomic E-state index is 12.0. The Morgan fingerprint density at radius 3 is 2.34 bits per heavy atom. The first-order chi connectivity index (χ1) is 20.0. The molecule has 0 amide bonds. The Labute approximate surface area is 248 Å². The van der Waals surface area contributed by atoms with Crippen LogP contribution in [0, 0.1) is 6.92 Å². The van der Waals surface area contributed by atoms with E-state index in [0.29, 0.717) is 18.2 Å². The number of rotatable bonds is 11. The number of carbonyl (C=O) groups excluding carboxylic acids is 1. The summed E-state index contributed by atoms with van der Waals surface area (Å²) < 4.78 is 8.59. The predicted octanol–water partition coefficient (Wildman–Crippen LogP) is 10.1. The number of thiazole rings is 1. The molecule has 5 aromatic rings. The van der Waals surface area contributed by atoms with Crippen LogP contribution in [0.15, 0.2) is 72.8 Å². The number of unbranched alkanes of at least 4 members (excludes halogenated alkanes) is 1. The molecule has 1 atom stereocenters. The molecule has 0 aliphatic rings. The SMILES string of the molecule is CC.CCCCC(CC)n1c(-c2ccc(OCc3sc(C)nc3-c3ccccc3)cc2)nc2cc(C(C)=O)ccc21. The zero-order valence-corrected chi connectivity index (χ0v) is 25.9. The summed E-state index contributed by atoms with van der Waals surface area (Å²) in [6.07, 6.45) is 4.44. The van der Waals surface area contributed by atoms with Crippen molar-refractivity contribution in [3.05, 3.63) is 88.2 Å². The van der Waals surface area contributed by atoms with Crippen LogP contribution in [0.4, 0.5) is 0 Å². The van der Waals surface area contributed by atoms with Gasteiger partial charge in [-0.3, -0.25) is 4.79 Å². The minimum Gasteiger partial charge on any atom is -0.488 e. The van der Waals surface area contributed by atoms with Gasteiger partial charge in [0.05, 0.1) is 26.6 Å². The van der Waals surface area contributed by atoms with Crippen LogP contribution in [0.3, 0.4) is 0 Å². The number of carbonyl (C=O) groups is 1. The Balaban J connectivity index is 0.00000189. The van der Waals surface area contributed by atoms with E-state index in [-0.39, 0.29) is 5.78 Å². The van der Waals surface area contributed by atoms with Gasteiger partial charge in [-0.25, -0.2) is 9.97 Å². The fourth-order valence-corrected chi connectivity index (χ4v) is 5.96. The number of benzene rings is 3. The van der Waals surface area contributed by atoms with Gasteiger partial charge < -0.3 is 9.30 Å². The number of hydrogen-bond acceptors (Lipinski definition) is 5. The van der Waals surface area contributed by atoms with Crippen LogP contribution >= 0.6 is 11.3 Å². The van der Waals surface area contributed by atoms with E-state index in [1.807, 2.05) is 63.2 Å². The van der Waals surface area contributed by atoms with Crippen molar-refractivity contribution in [1.82, 2.24) is 14.5 Å². The third-order valence-electron chi connectivity index (χ3n) is 7.16. The second-order valence-electron chi connectivity index (χ2n) is 9.95. The van der Waals surface area contributed by atoms with Gasteiger partial charge in [0.1, 0.15) is 18.2 Å². The van der Waals surface area contributed by atoms with Crippen molar-refractivity contribution < 1.29 is 9.53 Å². The molecule has 0 radical (unpaired) electrons. The standard InChI is InChI=1S/C33H35N3O2S.C2H6/c1-5-7-13-27(6-2)36-30-19-16-26(22(3)37)20-29(30)35-33(36)25-14-17-28(18-15-25)38-21-31-32(34-23(4)39-31)24-11-9-8-10-12-24;1-2/h8-12,14-20,27H,5-7,13,21H2,1-4H3;1-2H3. The van der Waals surface area contributed by atoms with E-state index >= 15 is 0 Å². The van der Waals surface area contributed by atoms with Gasteiger partial charge in [-0.05, 0) is 69.2 Å². The van der Waals surface area contributed by atoms with Crippen LogP contribution in [-0.4, -0.2) is 20.3 Å². The summed E-state index contributed by atoms with van der Waals surface area (Å²) in [5, 5.41) is 1.03. The number of hydrogen-bond donors (Lipinski definition) is 0. The Kier molecular flexibility index (Phi) is 10.5. The summed E-state index contributed by atoms with van der Waals surface area (Å²) in [6, 6.07) is 24.7. The Morgan fingerprint density at radius 2 is 1.68 bits per heavy atom. The molecule has 3 aromatic carbocycles. The van der Waals surface area contributed by atoms with E-state index < -0.39 is 0 Å². The molecule has 214 valence electrons. The summed E-state index contributed by atoms with van der Waals surface area (Å²) in [5.74, 6) is 1.80. The maximum Gasteiger partial charge on any atom is 0.159 e. The van der Waals surface area contributed by atoms with E-state index in [1.54, 1.807) is 18.3 Å². The normalized spacial score (nSPS) is 11.7. The number of ketones is 1. The second kappa shape index (κ2) is 14.2. The molecule has 2 heterocycles. The van der Waals surface area contributed by atoms with Crippen LogP contribution in [0.1, 0.15) is 86.6 Å². The van der Waals surface area contributed by atoms with Gasteiger partial charge in [-0.2, -0.15) is 0 Å². The summed E-state index contributed by atoms with van der Waals surface area (Å²) in [7, 11) is 0. The van der Waals surface area contributed by atoms with Gasteiger partial charge in [-0.1, -0.05) is 70.9 Å². The molecule has 5 rings (SSSR count). The molecule has 5 nitrogen and oxygen atoms in total. The minimum atomic E-state index is 0.0547. The average Bonchev–Trinajstić information content (AvgIpc) is 3.58. The Bertz CT molecular complexity index is 1570. The van der Waals surface area contributed by atoms with Crippen molar-refractivity contribution >= 4 is 28.2 Å². The van der Waals surface area contributed by atoms with Crippen LogP contribution < -0.4 is 4.74 Å². The minimum absolute atomic E-state index is 0.0547. The Morgan fingerprint density at radius 1 is 0.951 bits per heavy atom. The first-order valence-corrected chi connectivity index (χ1v) is 15.6. The summed E-state index contributed by atoms with van der Waals surface area (Å²) >= 11 is 1.67. The third kappa shape index (κ3) is 6.94. The number of Topliss-reactive ketones (excluding diaryl/α,β-unsaturated/α-hetero) is 1. The number of nitrogens with zero attached hydrogens (tertiary/aromatic N) is 3. The van der Waals surface area contributed by atoms with E-state index in [9.17, 15) is 4.79 Å². The highest BCUT2D eigenvalue weighted by molar-refractivity contribution is 7.12. The molecule has 6 heteroatoms. The number of aryl methyl sites for hydroxylation is 1. The van der Waals surface area contributed by atoms with E-state index in [4.69, 9.17) is 14.7 Å². The summed E-state index contributed by atoms with van der Waals surface area (Å²) in [5.41, 5.74) is 5.77. The fourth-order valence-electron chi connectivity index (χ4n) is 5.08. The molecule has 0 saturated heterocycles. The quantitative estimate of drug-likeness (QED) is 0.149. The smallest absolute Gasteiger partial charge is 0.159 e. The maximum atomic E-state index is 12.0. The van der Waals surface area contributed by atoms with Crippen molar-refractivity contribution in [2.75, 3.05) is 0 Å². The van der Waals surface area contributed by atoms with E-state index in [2.05, 4.69) is 48.7 Å². The fraction of sp³-hybridized carbons (Fsp3) is 0.343. The lowest BCUT2D eigenvalue weighted by Crippen LogP contribution is -2.10. The molecule has 41 heavy (non-hydrogen) atoms. The van der Waals surface area contributed by atoms with Crippen molar-refractivity contribution in [3.63, 3.8) is 0 Å². The molecule has 0 N–H and O–H groups in total. The average molecular weight is 568 g/mol. The largest absolute Gasteiger partial charge is 0.488 e. The van der Waals surface area contributed by atoms with Crippen molar-refractivity contribution in [2.45, 2.75) is 79.9 Å². The topological polar surface area (TPSA) is 57.0 Å². The first-order valence-electron chi connectivity index (χ1n) is 14.8. The number of imidazole rings is 1. The molecule has 0 aliphatic heterocycles. The lowest BCUT2D eigenvalue weighted by Gasteiger charge is -2.20. The molecular weight excluding hydrogens is 526 g/mol. The van der Waals surface area contributed by atoms with Gasteiger partial charge in [0.15, 0.2) is 5.78 Å².